The van der Waals surface area contributed by atoms with Gasteiger partial charge in [0.15, 0.2) is 6.10 Å². The molecule has 7 heteroatoms. The van der Waals surface area contributed by atoms with E-state index in [0.29, 0.717) is 22.2 Å². The van der Waals surface area contributed by atoms with Gasteiger partial charge in [0.2, 0.25) is 0 Å². The number of carboxylic acid groups (broad SMARTS) is 1. The molecule has 0 aliphatic carbocycles. The number of carbonyl (C=O) groups is 2. The molecule has 5 nitrogen and oxygen atoms in total. The fourth-order valence-corrected chi connectivity index (χ4v) is 2.30. The van der Waals surface area contributed by atoms with Crippen molar-refractivity contribution in [3.05, 3.63) is 28.2 Å². The first-order valence-electron chi connectivity index (χ1n) is 6.97. The van der Waals surface area contributed by atoms with Crippen LogP contribution < -0.4 is 10.1 Å². The standard InChI is InChI=1S/C15H19Cl2NO4/c1-3-4-10(15(20)21)8-18-14(19)9(2)22-13-6-5-11(16)7-12(13)17/h5-7,9-10H,3-4,8H2,1-2H3,(H,18,19)(H,20,21). The largest absolute Gasteiger partial charge is 0.481 e. The molecule has 2 atom stereocenters. The Hall–Kier alpha value is -1.46. The number of aliphatic carboxylic acids is 1. The molecular weight excluding hydrogens is 329 g/mol. The first kappa shape index (κ1) is 18.6. The van der Waals surface area contributed by atoms with Crippen LogP contribution in [0.5, 0.6) is 5.75 Å². The third-order valence-electron chi connectivity index (χ3n) is 3.08. The van der Waals surface area contributed by atoms with Crippen molar-refractivity contribution in [1.29, 1.82) is 0 Å². The predicted molar refractivity (Wildman–Crippen MR) is 85.6 cm³/mol. The molecule has 0 saturated carbocycles. The monoisotopic (exact) mass is 347 g/mol. The maximum atomic E-state index is 12.0. The van der Waals surface area contributed by atoms with E-state index in [-0.39, 0.29) is 6.54 Å². The van der Waals surface area contributed by atoms with Crippen LogP contribution in [0.4, 0.5) is 0 Å². The first-order chi connectivity index (χ1) is 10.3. The Kier molecular flexibility index (Phi) is 7.48. The molecule has 0 aromatic heterocycles. The van der Waals surface area contributed by atoms with Gasteiger partial charge in [0.1, 0.15) is 5.75 Å². The summed E-state index contributed by atoms with van der Waals surface area (Å²) in [4.78, 5) is 23.0. The van der Waals surface area contributed by atoms with Crippen LogP contribution in [0.3, 0.4) is 0 Å². The van der Waals surface area contributed by atoms with Gasteiger partial charge in [-0.05, 0) is 31.5 Å². The maximum Gasteiger partial charge on any atom is 0.308 e. The minimum atomic E-state index is -0.920. The van der Waals surface area contributed by atoms with E-state index >= 15 is 0 Å². The molecule has 0 bridgehead atoms. The summed E-state index contributed by atoms with van der Waals surface area (Å²) in [6, 6.07) is 4.70. The number of hydrogen-bond donors (Lipinski definition) is 2. The zero-order chi connectivity index (χ0) is 16.7. The SMILES string of the molecule is CCCC(CNC(=O)C(C)Oc1ccc(Cl)cc1Cl)C(=O)O. The Morgan fingerprint density at radius 2 is 2.05 bits per heavy atom. The van der Waals surface area contributed by atoms with Crippen LogP contribution in [0.25, 0.3) is 0 Å². The van der Waals surface area contributed by atoms with Crippen molar-refractivity contribution in [3.63, 3.8) is 0 Å². The maximum absolute atomic E-state index is 12.0. The third kappa shape index (κ3) is 5.73. The van der Waals surface area contributed by atoms with Gasteiger partial charge in [-0.15, -0.1) is 0 Å². The fourth-order valence-electron chi connectivity index (χ4n) is 1.84. The number of amides is 1. The van der Waals surface area contributed by atoms with E-state index in [1.807, 2.05) is 6.92 Å². The molecule has 0 spiro atoms. The summed E-state index contributed by atoms with van der Waals surface area (Å²) in [5, 5.41) is 12.4. The van der Waals surface area contributed by atoms with Crippen molar-refractivity contribution in [3.8, 4) is 5.75 Å². The van der Waals surface area contributed by atoms with E-state index < -0.39 is 23.9 Å². The Morgan fingerprint density at radius 1 is 1.36 bits per heavy atom. The first-order valence-corrected chi connectivity index (χ1v) is 7.73. The van der Waals surface area contributed by atoms with Gasteiger partial charge < -0.3 is 15.2 Å². The van der Waals surface area contributed by atoms with Crippen LogP contribution in [-0.4, -0.2) is 29.6 Å². The molecule has 0 aliphatic rings. The normalized spacial score (nSPS) is 13.3. The lowest BCUT2D eigenvalue weighted by Gasteiger charge is -2.17. The van der Waals surface area contributed by atoms with Crippen LogP contribution in [0, 0.1) is 5.92 Å². The highest BCUT2D eigenvalue weighted by atomic mass is 35.5. The Morgan fingerprint density at radius 3 is 2.59 bits per heavy atom. The summed E-state index contributed by atoms with van der Waals surface area (Å²) in [5.74, 6) is -1.57. The molecule has 1 aromatic rings. The number of carbonyl (C=O) groups excluding carboxylic acids is 1. The fraction of sp³-hybridized carbons (Fsp3) is 0.467. The molecule has 122 valence electrons. The van der Waals surface area contributed by atoms with Gasteiger partial charge in [-0.1, -0.05) is 36.5 Å². The number of carboxylic acids is 1. The predicted octanol–water partition coefficient (Wildman–Crippen LogP) is 3.38. The molecule has 0 radical (unpaired) electrons. The lowest BCUT2D eigenvalue weighted by atomic mass is 10.0. The second kappa shape index (κ2) is 8.86. The van der Waals surface area contributed by atoms with Crippen LogP contribution in [-0.2, 0) is 9.59 Å². The average molecular weight is 348 g/mol. The second-order valence-electron chi connectivity index (χ2n) is 4.90. The van der Waals surface area contributed by atoms with Crippen LogP contribution in [0.15, 0.2) is 18.2 Å². The summed E-state index contributed by atoms with van der Waals surface area (Å²) >= 11 is 11.8. The van der Waals surface area contributed by atoms with Gasteiger partial charge >= 0.3 is 5.97 Å². The van der Waals surface area contributed by atoms with Gasteiger partial charge in [0.05, 0.1) is 10.9 Å². The minimum Gasteiger partial charge on any atom is -0.481 e. The Balaban J connectivity index is 2.56. The summed E-state index contributed by atoms with van der Waals surface area (Å²) in [5.41, 5.74) is 0. The lowest BCUT2D eigenvalue weighted by molar-refractivity contribution is -0.142. The molecule has 0 saturated heterocycles. The summed E-state index contributed by atoms with van der Waals surface area (Å²) in [7, 11) is 0. The van der Waals surface area contributed by atoms with E-state index in [2.05, 4.69) is 5.32 Å². The van der Waals surface area contributed by atoms with Crippen molar-refractivity contribution >= 4 is 35.1 Å². The van der Waals surface area contributed by atoms with Gasteiger partial charge in [-0.25, -0.2) is 0 Å². The molecule has 0 aliphatic heterocycles. The number of ether oxygens (including phenoxy) is 1. The molecule has 0 fully saturated rings. The number of benzene rings is 1. The van der Waals surface area contributed by atoms with E-state index in [4.69, 9.17) is 33.0 Å². The van der Waals surface area contributed by atoms with Crippen LogP contribution in [0.1, 0.15) is 26.7 Å². The van der Waals surface area contributed by atoms with Crippen molar-refractivity contribution in [2.75, 3.05) is 6.54 Å². The highest BCUT2D eigenvalue weighted by molar-refractivity contribution is 6.35. The topological polar surface area (TPSA) is 75.6 Å². The van der Waals surface area contributed by atoms with Gasteiger partial charge in [-0.2, -0.15) is 0 Å². The second-order valence-corrected chi connectivity index (χ2v) is 5.75. The lowest BCUT2D eigenvalue weighted by Crippen LogP contribution is -2.40. The highest BCUT2D eigenvalue weighted by Crippen LogP contribution is 2.28. The van der Waals surface area contributed by atoms with E-state index in [0.717, 1.165) is 6.42 Å². The van der Waals surface area contributed by atoms with Gasteiger partial charge in [-0.3, -0.25) is 9.59 Å². The molecular formula is C15H19Cl2NO4. The van der Waals surface area contributed by atoms with E-state index in [1.54, 1.807) is 19.1 Å². The minimum absolute atomic E-state index is 0.0735. The summed E-state index contributed by atoms with van der Waals surface area (Å²) < 4.78 is 5.46. The van der Waals surface area contributed by atoms with Crippen LogP contribution >= 0.6 is 23.2 Å². The highest BCUT2D eigenvalue weighted by Gasteiger charge is 2.21. The van der Waals surface area contributed by atoms with E-state index in [9.17, 15) is 9.59 Å². The third-order valence-corrected chi connectivity index (χ3v) is 3.61. The Bertz CT molecular complexity index is 536. The van der Waals surface area contributed by atoms with Gasteiger partial charge in [0, 0.05) is 11.6 Å². The average Bonchev–Trinajstić information content (AvgIpc) is 2.45. The number of rotatable bonds is 8. The van der Waals surface area contributed by atoms with Crippen molar-refractivity contribution < 1.29 is 19.4 Å². The zero-order valence-corrected chi connectivity index (χ0v) is 13.9. The smallest absolute Gasteiger partial charge is 0.308 e. The molecule has 2 unspecified atom stereocenters. The molecule has 22 heavy (non-hydrogen) atoms. The number of halogens is 2. The Labute approximate surface area is 139 Å². The zero-order valence-electron chi connectivity index (χ0n) is 12.4. The number of hydrogen-bond acceptors (Lipinski definition) is 3. The number of nitrogens with one attached hydrogen (secondary N) is 1. The molecule has 1 amide bonds. The molecule has 1 aromatic carbocycles. The van der Waals surface area contributed by atoms with Crippen molar-refractivity contribution in [1.82, 2.24) is 5.32 Å². The van der Waals surface area contributed by atoms with Gasteiger partial charge in [0.25, 0.3) is 5.91 Å². The van der Waals surface area contributed by atoms with Crippen LogP contribution in [0.2, 0.25) is 10.0 Å². The van der Waals surface area contributed by atoms with Crippen molar-refractivity contribution in [2.24, 2.45) is 5.92 Å². The molecule has 2 N–H and O–H groups in total. The quantitative estimate of drug-likeness (QED) is 0.755. The summed E-state index contributed by atoms with van der Waals surface area (Å²) in [6.45, 7) is 3.53. The molecule has 1 rings (SSSR count). The van der Waals surface area contributed by atoms with Crippen molar-refractivity contribution in [2.45, 2.75) is 32.8 Å². The van der Waals surface area contributed by atoms with E-state index in [1.165, 1.54) is 6.07 Å². The summed E-state index contributed by atoms with van der Waals surface area (Å²) in [6.07, 6.45) is 0.447. The molecule has 0 heterocycles.